The monoisotopic (exact) mass is 457 g/mol. The summed E-state index contributed by atoms with van der Waals surface area (Å²) in [6.07, 6.45) is 0. The molecule has 1 aromatic carbocycles. The van der Waals surface area contributed by atoms with Gasteiger partial charge in [0.2, 0.25) is 5.56 Å². The van der Waals surface area contributed by atoms with Crippen LogP contribution in [-0.2, 0) is 39.3 Å². The van der Waals surface area contributed by atoms with Gasteiger partial charge in [0, 0.05) is 39.3 Å². The summed E-state index contributed by atoms with van der Waals surface area (Å²) in [7, 11) is 0. The van der Waals surface area contributed by atoms with Crippen molar-refractivity contribution in [3.05, 3.63) is 50.3 Å². The van der Waals surface area contributed by atoms with Crippen molar-refractivity contribution in [2.45, 2.75) is 20.4 Å². The van der Waals surface area contributed by atoms with Gasteiger partial charge in [0.1, 0.15) is 5.75 Å². The third-order valence-electron chi connectivity index (χ3n) is 2.81. The summed E-state index contributed by atoms with van der Waals surface area (Å²) in [5.41, 5.74) is 1.82. The van der Waals surface area contributed by atoms with E-state index in [0.29, 0.717) is 16.7 Å². The van der Waals surface area contributed by atoms with Gasteiger partial charge in [0.25, 0.3) is 0 Å². The number of hydrogen-bond donors (Lipinski definition) is 0. The van der Waals surface area contributed by atoms with Crippen molar-refractivity contribution < 1.29 is 37.4 Å². The standard InChI is InChI=1S/C15H15INO2.Y/c1-3-17-14(10-9-13(16)15(17)18)11-5-7-12(8-6-11)19-4-2;/h5-9H,3-4H2,1-2H3;/q-1;. The van der Waals surface area contributed by atoms with Crippen LogP contribution in [0.4, 0.5) is 0 Å². The Morgan fingerprint density at radius 3 is 2.45 bits per heavy atom. The van der Waals surface area contributed by atoms with Gasteiger partial charge >= 0.3 is 0 Å². The van der Waals surface area contributed by atoms with E-state index < -0.39 is 0 Å². The van der Waals surface area contributed by atoms with Crippen LogP contribution in [0, 0.1) is 9.64 Å². The van der Waals surface area contributed by atoms with Crippen molar-refractivity contribution in [2.24, 2.45) is 0 Å². The number of ether oxygens (including phenoxy) is 1. The predicted molar refractivity (Wildman–Crippen MR) is 84.5 cm³/mol. The normalized spacial score (nSPS) is 9.95. The smallest absolute Gasteiger partial charge is 0.207 e. The molecule has 0 aliphatic rings. The largest absolute Gasteiger partial charge is 0.494 e. The number of halogens is 1. The average molecular weight is 457 g/mol. The number of aromatic nitrogens is 1. The minimum absolute atomic E-state index is 0. The first-order valence-electron chi connectivity index (χ1n) is 6.21. The Hall–Kier alpha value is -0.196. The second-order valence-corrected chi connectivity index (χ2v) is 5.15. The van der Waals surface area contributed by atoms with E-state index in [1.807, 2.05) is 60.7 Å². The number of nitrogens with zero attached hydrogens (tertiary/aromatic N) is 1. The second kappa shape index (κ2) is 8.30. The van der Waals surface area contributed by atoms with Gasteiger partial charge in [0.05, 0.1) is 6.61 Å². The number of hydrogen-bond acceptors (Lipinski definition) is 2. The molecule has 5 heteroatoms. The third-order valence-corrected chi connectivity index (χ3v) is 3.58. The Bertz CT molecular complexity index is 623. The van der Waals surface area contributed by atoms with Crippen LogP contribution >= 0.6 is 22.6 Å². The molecule has 0 aliphatic heterocycles. The molecule has 1 radical (unpaired) electrons. The van der Waals surface area contributed by atoms with Gasteiger partial charge in [-0.15, -0.1) is 34.7 Å². The molecular weight excluding hydrogens is 442 g/mol. The maximum atomic E-state index is 12.1. The maximum Gasteiger partial charge on any atom is 0.207 e. The van der Waals surface area contributed by atoms with Crippen molar-refractivity contribution in [3.63, 3.8) is 0 Å². The molecule has 0 amide bonds. The topological polar surface area (TPSA) is 31.2 Å². The van der Waals surface area contributed by atoms with Gasteiger partial charge in [-0.3, -0.25) is 4.79 Å². The van der Waals surface area contributed by atoms with Gasteiger partial charge in [-0.1, -0.05) is 11.3 Å². The van der Waals surface area contributed by atoms with Gasteiger partial charge < -0.3 is 9.30 Å². The van der Waals surface area contributed by atoms with E-state index in [4.69, 9.17) is 4.74 Å². The predicted octanol–water partition coefficient (Wildman–Crippen LogP) is 3.34. The number of benzene rings is 1. The Kier molecular flexibility index (Phi) is 7.41. The molecular formula is C15H15INO2Y-. The van der Waals surface area contributed by atoms with Crippen LogP contribution in [0.5, 0.6) is 5.75 Å². The van der Waals surface area contributed by atoms with Crippen molar-refractivity contribution >= 4 is 22.6 Å². The van der Waals surface area contributed by atoms with Crippen LogP contribution in [0.3, 0.4) is 0 Å². The fourth-order valence-electron chi connectivity index (χ4n) is 1.92. The summed E-state index contributed by atoms with van der Waals surface area (Å²) in [6, 6.07) is 12.6. The number of rotatable bonds is 4. The molecule has 20 heavy (non-hydrogen) atoms. The Morgan fingerprint density at radius 1 is 1.25 bits per heavy atom. The molecule has 103 valence electrons. The molecule has 3 nitrogen and oxygen atoms in total. The van der Waals surface area contributed by atoms with Crippen LogP contribution in [0.2, 0.25) is 0 Å². The molecule has 1 heterocycles. The van der Waals surface area contributed by atoms with E-state index in [9.17, 15) is 4.79 Å². The molecule has 0 bridgehead atoms. The molecule has 0 N–H and O–H groups in total. The fourth-order valence-corrected chi connectivity index (χ4v) is 2.37. The zero-order valence-corrected chi connectivity index (χ0v) is 16.5. The van der Waals surface area contributed by atoms with E-state index in [1.54, 1.807) is 10.6 Å². The van der Waals surface area contributed by atoms with Crippen molar-refractivity contribution in [2.75, 3.05) is 6.61 Å². The molecule has 0 fully saturated rings. The van der Waals surface area contributed by atoms with E-state index >= 15 is 0 Å². The first-order chi connectivity index (χ1) is 9.17. The van der Waals surface area contributed by atoms with Crippen LogP contribution < -0.4 is 10.3 Å². The molecule has 0 unspecified atom stereocenters. The number of pyridine rings is 1. The maximum absolute atomic E-state index is 12.1. The summed E-state index contributed by atoms with van der Waals surface area (Å²) in [4.78, 5) is 12.1. The Morgan fingerprint density at radius 2 is 1.90 bits per heavy atom. The molecule has 0 saturated heterocycles. The molecule has 0 spiro atoms. The average Bonchev–Trinajstić information content (AvgIpc) is 2.43. The van der Waals surface area contributed by atoms with Crippen LogP contribution in [0.15, 0.2) is 35.1 Å². The van der Waals surface area contributed by atoms with Gasteiger partial charge in [-0.2, -0.15) is 12.1 Å². The minimum Gasteiger partial charge on any atom is -0.494 e. The van der Waals surface area contributed by atoms with Crippen molar-refractivity contribution in [3.8, 4) is 17.0 Å². The molecule has 2 aromatic rings. The first-order valence-corrected chi connectivity index (χ1v) is 7.29. The zero-order valence-electron chi connectivity index (χ0n) is 11.5. The second-order valence-electron chi connectivity index (χ2n) is 3.99. The van der Waals surface area contributed by atoms with Crippen molar-refractivity contribution in [1.82, 2.24) is 4.57 Å². The van der Waals surface area contributed by atoms with E-state index in [-0.39, 0.29) is 38.3 Å². The van der Waals surface area contributed by atoms with E-state index in [1.165, 1.54) is 0 Å². The van der Waals surface area contributed by atoms with Gasteiger partial charge in [-0.25, -0.2) is 0 Å². The summed E-state index contributed by atoms with van der Waals surface area (Å²) < 4.78 is 7.84. The van der Waals surface area contributed by atoms with Crippen LogP contribution in [0.25, 0.3) is 11.3 Å². The fraction of sp³-hybridized carbons (Fsp3) is 0.267. The quantitative estimate of drug-likeness (QED) is 0.522. The SMILES string of the molecule is CCOc1ccc(-c2[c-]cc(I)c(=O)n2CC)cc1.[Y]. The third kappa shape index (κ3) is 3.92. The minimum atomic E-state index is 0. The Labute approximate surface area is 157 Å². The van der Waals surface area contributed by atoms with Gasteiger partial charge in [0.15, 0.2) is 0 Å². The molecule has 2 rings (SSSR count). The van der Waals surface area contributed by atoms with Crippen LogP contribution in [-0.4, -0.2) is 11.2 Å². The van der Waals surface area contributed by atoms with E-state index in [2.05, 4.69) is 6.07 Å². The first kappa shape index (κ1) is 17.9. The van der Waals surface area contributed by atoms with Gasteiger partial charge in [-0.05, 0) is 29.6 Å². The zero-order chi connectivity index (χ0) is 13.8. The molecule has 1 aromatic heterocycles. The van der Waals surface area contributed by atoms with Crippen LogP contribution in [0.1, 0.15) is 13.8 Å². The molecule has 0 saturated carbocycles. The summed E-state index contributed by atoms with van der Waals surface area (Å²) in [6.45, 7) is 5.20. The molecule has 0 atom stereocenters. The summed E-state index contributed by atoms with van der Waals surface area (Å²) in [5.74, 6) is 0.835. The summed E-state index contributed by atoms with van der Waals surface area (Å²) in [5, 5.41) is 0. The summed E-state index contributed by atoms with van der Waals surface area (Å²) >= 11 is 2.04. The Balaban J connectivity index is 0.00000200. The van der Waals surface area contributed by atoms with Crippen molar-refractivity contribution in [1.29, 1.82) is 0 Å². The van der Waals surface area contributed by atoms with E-state index in [0.717, 1.165) is 17.0 Å². The molecule has 0 aliphatic carbocycles.